The zero-order chi connectivity index (χ0) is 4.99. The van der Waals surface area contributed by atoms with Crippen LogP contribution in [-0.4, -0.2) is 12.5 Å². The van der Waals surface area contributed by atoms with E-state index in [2.05, 4.69) is 15.9 Å². The number of nitrogens with one attached hydrogen (secondary N) is 1. The normalized spacial score (nSPS) is 9.50. The Kier molecular flexibility index (Phi) is 3.13. The molecule has 3 heteroatoms. The van der Waals surface area contributed by atoms with Gasteiger partial charge in [-0.15, -0.1) is 5.98 Å². The second kappa shape index (κ2) is 3.16. The van der Waals surface area contributed by atoms with Crippen molar-refractivity contribution in [1.29, 1.82) is 5.41 Å². The summed E-state index contributed by atoms with van der Waals surface area (Å²) in [7, 11) is 4.88. The third-order valence-electron chi connectivity index (χ3n) is 0.243. The van der Waals surface area contributed by atoms with E-state index in [0.29, 0.717) is 4.62 Å². The predicted molar refractivity (Wildman–Crippen MR) is 31.5 cm³/mol. The fourth-order valence-electron chi connectivity index (χ4n) is 0.0845. The lowest BCUT2D eigenvalue weighted by Crippen LogP contribution is -1.68. The molecule has 0 aliphatic rings. The molecular formula is C3H3BBrN. The highest BCUT2D eigenvalue weighted by Crippen LogP contribution is 1.83. The van der Waals surface area contributed by atoms with Crippen molar-refractivity contribution in [3.8, 4) is 0 Å². The van der Waals surface area contributed by atoms with Crippen LogP contribution in [0.4, 0.5) is 0 Å². The molecule has 0 saturated carbocycles. The van der Waals surface area contributed by atoms with E-state index in [0.717, 1.165) is 0 Å². The summed E-state index contributed by atoms with van der Waals surface area (Å²) >= 11 is 2.85. The highest BCUT2D eigenvalue weighted by atomic mass is 79.9. The van der Waals surface area contributed by atoms with Crippen LogP contribution in [0.1, 0.15) is 0 Å². The molecule has 0 aliphatic carbocycles. The zero-order valence-corrected chi connectivity index (χ0v) is 4.70. The molecule has 0 aromatic carbocycles. The first-order valence-corrected chi connectivity index (χ1v) is 2.19. The Morgan fingerprint density at radius 2 is 2.33 bits per heavy atom. The molecule has 0 unspecified atom stereocenters. The van der Waals surface area contributed by atoms with Crippen LogP contribution < -0.4 is 0 Å². The van der Waals surface area contributed by atoms with Crippen molar-refractivity contribution in [2.75, 3.05) is 0 Å². The smallest absolute Gasteiger partial charge is 0.102 e. The van der Waals surface area contributed by atoms with E-state index in [4.69, 9.17) is 13.3 Å². The average molecular weight is 144 g/mol. The third-order valence-corrected chi connectivity index (χ3v) is 0.507. The van der Waals surface area contributed by atoms with Crippen molar-refractivity contribution in [3.05, 3.63) is 12.1 Å². The Balaban J connectivity index is 3.30. The number of hydrogen-bond acceptors (Lipinski definition) is 1. The first-order valence-electron chi connectivity index (χ1n) is 1.39. The quantitative estimate of drug-likeness (QED) is 0.419. The minimum absolute atomic E-state index is 0.296. The molecule has 0 heterocycles. The van der Waals surface area contributed by atoms with Gasteiger partial charge in [-0.05, 0) is 22.0 Å². The van der Waals surface area contributed by atoms with E-state index in [-0.39, 0.29) is 0 Å². The fourth-order valence-corrected chi connectivity index (χ4v) is 0.237. The summed E-state index contributed by atoms with van der Waals surface area (Å²) in [6.07, 6.45) is 1.44. The van der Waals surface area contributed by atoms with Gasteiger partial charge in [-0.25, -0.2) is 0 Å². The summed E-state index contributed by atoms with van der Waals surface area (Å²) in [6, 6.07) is 0. The second-order valence-corrected chi connectivity index (χ2v) is 1.56. The van der Waals surface area contributed by atoms with Crippen LogP contribution in [0.2, 0.25) is 0 Å². The molecular weight excluding hydrogens is 141 g/mol. The average Bonchev–Trinajstić information content (AvgIpc) is 1.35. The lowest BCUT2D eigenvalue weighted by molar-refractivity contribution is 1.57. The van der Waals surface area contributed by atoms with Gasteiger partial charge in [0.15, 0.2) is 0 Å². The molecule has 0 saturated heterocycles. The Labute approximate surface area is 46.5 Å². The van der Waals surface area contributed by atoms with Crippen molar-refractivity contribution in [1.82, 2.24) is 0 Å². The van der Waals surface area contributed by atoms with Gasteiger partial charge < -0.3 is 0 Å². The van der Waals surface area contributed by atoms with Gasteiger partial charge in [0.25, 0.3) is 0 Å². The molecule has 0 aliphatic heterocycles. The first-order chi connectivity index (χ1) is 2.77. The van der Waals surface area contributed by atoms with Crippen LogP contribution >= 0.6 is 15.9 Å². The van der Waals surface area contributed by atoms with E-state index in [1.54, 1.807) is 0 Å². The van der Waals surface area contributed by atoms with Crippen LogP contribution in [0, 0.1) is 5.41 Å². The predicted octanol–water partition coefficient (Wildman–Crippen LogP) is 1.04. The molecule has 0 amide bonds. The summed E-state index contributed by atoms with van der Waals surface area (Å²) in [5, 5.41) is 6.64. The lowest BCUT2D eigenvalue weighted by Gasteiger charge is -1.71. The summed E-state index contributed by atoms with van der Waals surface area (Å²) < 4.78 is 0.296. The Hall–Kier alpha value is -0.0451. The highest BCUT2D eigenvalue weighted by Gasteiger charge is 1.69. The number of allylic oxidation sites excluding steroid dienone is 1. The van der Waals surface area contributed by atoms with Gasteiger partial charge in [0.05, 0.1) is 4.62 Å². The zero-order valence-electron chi connectivity index (χ0n) is 3.11. The van der Waals surface area contributed by atoms with E-state index in [9.17, 15) is 0 Å². The largest absolute Gasteiger partial charge is 0.293 e. The minimum Gasteiger partial charge on any atom is -0.293 e. The molecule has 30 valence electrons. The number of rotatable bonds is 1. The van der Waals surface area contributed by atoms with Crippen LogP contribution in [0.15, 0.2) is 12.1 Å². The molecule has 0 spiro atoms. The molecule has 1 nitrogen and oxygen atoms in total. The Morgan fingerprint density at radius 1 is 1.83 bits per heavy atom. The van der Waals surface area contributed by atoms with Gasteiger partial charge in [0, 0.05) is 0 Å². The summed E-state index contributed by atoms with van der Waals surface area (Å²) in [5.41, 5.74) is 0. The second-order valence-electron chi connectivity index (χ2n) is 0.707. The molecule has 0 aromatic heterocycles. The number of hydrogen-bond donors (Lipinski definition) is 1. The standard InChI is InChI=1S/C3H3BBrN/c4-2-1-3(5)6/h1-2,6H. The van der Waals surface area contributed by atoms with Crippen molar-refractivity contribution in [2.24, 2.45) is 0 Å². The van der Waals surface area contributed by atoms with Crippen molar-refractivity contribution in [3.63, 3.8) is 0 Å². The van der Waals surface area contributed by atoms with Crippen LogP contribution in [0.25, 0.3) is 0 Å². The molecule has 0 rings (SSSR count). The first kappa shape index (κ1) is 5.95. The van der Waals surface area contributed by atoms with Crippen molar-refractivity contribution >= 4 is 28.4 Å². The van der Waals surface area contributed by atoms with Gasteiger partial charge in [0.2, 0.25) is 0 Å². The number of halogens is 1. The maximum absolute atomic E-state index is 6.64. The Bertz CT molecular complexity index is 78.9. The van der Waals surface area contributed by atoms with Gasteiger partial charge >= 0.3 is 0 Å². The van der Waals surface area contributed by atoms with Crippen LogP contribution in [0.3, 0.4) is 0 Å². The highest BCUT2D eigenvalue weighted by molar-refractivity contribution is 9.18. The Morgan fingerprint density at radius 3 is 2.33 bits per heavy atom. The molecule has 0 aromatic rings. The third kappa shape index (κ3) is 3.95. The monoisotopic (exact) mass is 143 g/mol. The maximum atomic E-state index is 6.64. The minimum atomic E-state index is 0.296. The van der Waals surface area contributed by atoms with Crippen molar-refractivity contribution in [2.45, 2.75) is 0 Å². The molecule has 0 bridgehead atoms. The van der Waals surface area contributed by atoms with E-state index in [1.807, 2.05) is 0 Å². The van der Waals surface area contributed by atoms with Crippen molar-refractivity contribution < 1.29 is 0 Å². The van der Waals surface area contributed by atoms with Crippen LogP contribution in [-0.2, 0) is 0 Å². The fraction of sp³-hybridized carbons (Fsp3) is 0. The van der Waals surface area contributed by atoms with E-state index in [1.165, 1.54) is 12.1 Å². The molecule has 6 heavy (non-hydrogen) atoms. The van der Waals surface area contributed by atoms with Gasteiger partial charge in [-0.1, -0.05) is 0 Å². The van der Waals surface area contributed by atoms with Gasteiger partial charge in [-0.2, -0.15) is 0 Å². The topological polar surface area (TPSA) is 23.9 Å². The molecule has 1 N–H and O–H groups in total. The van der Waals surface area contributed by atoms with E-state index >= 15 is 0 Å². The van der Waals surface area contributed by atoms with Gasteiger partial charge in [-0.3, -0.25) is 5.41 Å². The molecule has 0 fully saturated rings. The summed E-state index contributed by atoms with van der Waals surface area (Å²) in [4.78, 5) is 0. The van der Waals surface area contributed by atoms with Gasteiger partial charge in [0.1, 0.15) is 7.85 Å². The molecule has 2 radical (unpaired) electrons. The summed E-state index contributed by atoms with van der Waals surface area (Å²) in [6.45, 7) is 0. The van der Waals surface area contributed by atoms with Crippen LogP contribution in [0.5, 0.6) is 0 Å². The lowest BCUT2D eigenvalue weighted by atomic mass is 10.1. The molecule has 0 atom stereocenters. The summed E-state index contributed by atoms with van der Waals surface area (Å²) in [5.74, 6) is 1.30. The SMILES string of the molecule is [B]C=CC(=N)Br. The van der Waals surface area contributed by atoms with E-state index < -0.39 is 0 Å². The maximum Gasteiger partial charge on any atom is 0.102 e.